The molecule has 3 aromatic rings. The van der Waals surface area contributed by atoms with E-state index in [1.54, 1.807) is 24.3 Å². The van der Waals surface area contributed by atoms with Gasteiger partial charge in [0.05, 0.1) is 12.7 Å². The third kappa shape index (κ3) is 4.04. The van der Waals surface area contributed by atoms with Crippen molar-refractivity contribution in [3.63, 3.8) is 0 Å². The number of carbonyl (C=O) groups excluding carboxylic acids is 1. The Morgan fingerprint density at radius 1 is 0.960 bits per heavy atom. The summed E-state index contributed by atoms with van der Waals surface area (Å²) in [5.74, 6) is 0.518. The van der Waals surface area contributed by atoms with Crippen LogP contribution in [0.2, 0.25) is 0 Å². The molecule has 0 spiro atoms. The van der Waals surface area contributed by atoms with Gasteiger partial charge in [-0.1, -0.05) is 36.4 Å². The van der Waals surface area contributed by atoms with Crippen LogP contribution in [0.4, 0.5) is 4.39 Å². The fourth-order valence-electron chi connectivity index (χ4n) is 2.53. The van der Waals surface area contributed by atoms with Crippen LogP contribution in [0.1, 0.15) is 15.9 Å². The van der Waals surface area contributed by atoms with E-state index in [9.17, 15) is 9.18 Å². The summed E-state index contributed by atoms with van der Waals surface area (Å²) in [6.45, 7) is 0.370. The van der Waals surface area contributed by atoms with E-state index in [1.165, 1.54) is 19.2 Å². The summed E-state index contributed by atoms with van der Waals surface area (Å²) in [6.07, 6.45) is 0.736. The molecule has 0 unspecified atom stereocenters. The first-order valence-corrected chi connectivity index (χ1v) is 7.80. The molecule has 0 aliphatic carbocycles. The molecule has 0 saturated heterocycles. The zero-order valence-electron chi connectivity index (χ0n) is 13.7. The topological polar surface area (TPSA) is 35.5 Å². The standard InChI is InChI=1S/C21H17FO3/c1-24-20-11-17(10-19(22)12-20)16-7-8-21(18(9-16)13-23)25-14-15-5-3-2-4-6-15/h2-13H,14H2,1H3. The van der Waals surface area contributed by atoms with Crippen LogP contribution in [0.5, 0.6) is 11.5 Å². The summed E-state index contributed by atoms with van der Waals surface area (Å²) < 4.78 is 24.5. The summed E-state index contributed by atoms with van der Waals surface area (Å²) in [6, 6.07) is 19.3. The molecule has 0 saturated carbocycles. The lowest BCUT2D eigenvalue weighted by Gasteiger charge is -2.11. The fourth-order valence-corrected chi connectivity index (χ4v) is 2.53. The Balaban J connectivity index is 1.87. The van der Waals surface area contributed by atoms with E-state index in [2.05, 4.69) is 0 Å². The number of methoxy groups -OCH3 is 1. The molecule has 3 aromatic carbocycles. The summed E-state index contributed by atoms with van der Waals surface area (Å²) >= 11 is 0. The monoisotopic (exact) mass is 336 g/mol. The van der Waals surface area contributed by atoms with Gasteiger partial charge in [0.15, 0.2) is 6.29 Å². The van der Waals surface area contributed by atoms with Gasteiger partial charge in [-0.15, -0.1) is 0 Å². The van der Waals surface area contributed by atoms with Gasteiger partial charge in [-0.25, -0.2) is 4.39 Å². The van der Waals surface area contributed by atoms with Crippen molar-refractivity contribution in [2.45, 2.75) is 6.61 Å². The second kappa shape index (κ2) is 7.62. The molecule has 126 valence electrons. The van der Waals surface area contributed by atoms with E-state index < -0.39 is 5.82 Å². The number of carbonyl (C=O) groups is 1. The van der Waals surface area contributed by atoms with E-state index in [-0.39, 0.29) is 0 Å². The first-order valence-electron chi connectivity index (χ1n) is 7.80. The summed E-state index contributed by atoms with van der Waals surface area (Å²) in [5.41, 5.74) is 2.77. The van der Waals surface area contributed by atoms with Crippen LogP contribution in [-0.4, -0.2) is 13.4 Å². The fraction of sp³-hybridized carbons (Fsp3) is 0.0952. The van der Waals surface area contributed by atoms with Crippen LogP contribution in [0.3, 0.4) is 0 Å². The quantitative estimate of drug-likeness (QED) is 0.601. The van der Waals surface area contributed by atoms with Crippen LogP contribution in [-0.2, 0) is 6.61 Å². The lowest BCUT2D eigenvalue weighted by Crippen LogP contribution is -1.98. The molecule has 0 fully saturated rings. The van der Waals surface area contributed by atoms with Crippen LogP contribution in [0, 0.1) is 5.82 Å². The summed E-state index contributed by atoms with van der Waals surface area (Å²) in [7, 11) is 1.48. The van der Waals surface area contributed by atoms with E-state index in [1.807, 2.05) is 30.3 Å². The Hall–Kier alpha value is -3.14. The van der Waals surface area contributed by atoms with Crippen molar-refractivity contribution in [3.05, 3.63) is 83.7 Å². The molecule has 0 radical (unpaired) electrons. The molecular formula is C21H17FO3. The van der Waals surface area contributed by atoms with Crippen molar-refractivity contribution in [3.8, 4) is 22.6 Å². The molecule has 0 atom stereocenters. The van der Waals surface area contributed by atoms with Crippen molar-refractivity contribution in [1.29, 1.82) is 0 Å². The average Bonchev–Trinajstić information content (AvgIpc) is 2.66. The van der Waals surface area contributed by atoms with Gasteiger partial charge in [0.25, 0.3) is 0 Å². The number of rotatable bonds is 6. The van der Waals surface area contributed by atoms with Crippen molar-refractivity contribution in [2.24, 2.45) is 0 Å². The van der Waals surface area contributed by atoms with E-state index in [4.69, 9.17) is 9.47 Å². The maximum absolute atomic E-state index is 13.7. The summed E-state index contributed by atoms with van der Waals surface area (Å²) in [4.78, 5) is 11.4. The Morgan fingerprint density at radius 2 is 1.76 bits per heavy atom. The molecule has 0 aliphatic heterocycles. The van der Waals surface area contributed by atoms with Crippen LogP contribution in [0.15, 0.2) is 66.7 Å². The van der Waals surface area contributed by atoms with E-state index >= 15 is 0 Å². The van der Waals surface area contributed by atoms with Gasteiger partial charge < -0.3 is 9.47 Å². The zero-order chi connectivity index (χ0) is 17.6. The number of halogens is 1. The minimum absolute atomic E-state index is 0.370. The molecule has 0 amide bonds. The number of hydrogen-bond acceptors (Lipinski definition) is 3. The summed E-state index contributed by atoms with van der Waals surface area (Å²) in [5, 5.41) is 0. The second-order valence-corrected chi connectivity index (χ2v) is 5.52. The normalized spacial score (nSPS) is 10.3. The van der Waals surface area contributed by atoms with Gasteiger partial charge in [0.1, 0.15) is 23.9 Å². The molecule has 25 heavy (non-hydrogen) atoms. The Bertz CT molecular complexity index is 876. The van der Waals surface area contributed by atoms with Gasteiger partial charge in [-0.2, -0.15) is 0 Å². The molecule has 0 aliphatic rings. The molecule has 0 bridgehead atoms. The molecule has 3 nitrogen and oxygen atoms in total. The van der Waals surface area contributed by atoms with Gasteiger partial charge in [-0.3, -0.25) is 4.79 Å². The lowest BCUT2D eigenvalue weighted by atomic mass is 10.0. The SMILES string of the molecule is COc1cc(F)cc(-c2ccc(OCc3ccccc3)c(C=O)c2)c1. The largest absolute Gasteiger partial charge is 0.497 e. The van der Waals surface area contributed by atoms with Gasteiger partial charge in [0, 0.05) is 6.07 Å². The van der Waals surface area contributed by atoms with Crippen LogP contribution < -0.4 is 9.47 Å². The van der Waals surface area contributed by atoms with Gasteiger partial charge in [0.2, 0.25) is 0 Å². The highest BCUT2D eigenvalue weighted by molar-refractivity contribution is 5.83. The minimum atomic E-state index is -0.397. The Labute approximate surface area is 145 Å². The predicted octanol–water partition coefficient (Wildman–Crippen LogP) is 4.89. The number of benzene rings is 3. The maximum atomic E-state index is 13.7. The second-order valence-electron chi connectivity index (χ2n) is 5.52. The first-order chi connectivity index (χ1) is 12.2. The van der Waals surface area contributed by atoms with Crippen molar-refractivity contribution in [1.82, 2.24) is 0 Å². The smallest absolute Gasteiger partial charge is 0.153 e. The number of ether oxygens (including phenoxy) is 2. The zero-order valence-corrected chi connectivity index (χ0v) is 13.7. The Kier molecular flexibility index (Phi) is 5.09. The molecule has 0 heterocycles. The van der Waals surface area contributed by atoms with Crippen LogP contribution >= 0.6 is 0 Å². The molecular weight excluding hydrogens is 319 g/mol. The molecule has 0 aromatic heterocycles. The molecule has 3 rings (SSSR count). The molecule has 0 N–H and O–H groups in total. The minimum Gasteiger partial charge on any atom is -0.497 e. The Morgan fingerprint density at radius 3 is 2.48 bits per heavy atom. The highest BCUT2D eigenvalue weighted by atomic mass is 19.1. The predicted molar refractivity (Wildman–Crippen MR) is 94.5 cm³/mol. The first kappa shape index (κ1) is 16.7. The third-order valence-electron chi connectivity index (χ3n) is 3.81. The maximum Gasteiger partial charge on any atom is 0.153 e. The van der Waals surface area contributed by atoms with Crippen LogP contribution in [0.25, 0.3) is 11.1 Å². The van der Waals surface area contributed by atoms with Gasteiger partial charge in [-0.05, 0) is 41.0 Å². The molecule has 4 heteroatoms. The highest BCUT2D eigenvalue weighted by Gasteiger charge is 2.09. The lowest BCUT2D eigenvalue weighted by molar-refractivity contribution is 0.111. The van der Waals surface area contributed by atoms with E-state index in [0.717, 1.165) is 11.8 Å². The van der Waals surface area contributed by atoms with Crippen molar-refractivity contribution in [2.75, 3.05) is 7.11 Å². The number of aldehydes is 1. The highest BCUT2D eigenvalue weighted by Crippen LogP contribution is 2.29. The number of hydrogen-bond donors (Lipinski definition) is 0. The average molecular weight is 336 g/mol. The third-order valence-corrected chi connectivity index (χ3v) is 3.81. The van der Waals surface area contributed by atoms with E-state index in [0.29, 0.717) is 34.8 Å². The van der Waals surface area contributed by atoms with Gasteiger partial charge >= 0.3 is 0 Å². The van der Waals surface area contributed by atoms with Crippen molar-refractivity contribution >= 4 is 6.29 Å². The van der Waals surface area contributed by atoms with Crippen molar-refractivity contribution < 1.29 is 18.7 Å².